The van der Waals surface area contributed by atoms with Gasteiger partial charge in [0.25, 0.3) is 5.91 Å². The molecule has 7 nitrogen and oxygen atoms in total. The second kappa shape index (κ2) is 8.49. The number of benzene rings is 1. The van der Waals surface area contributed by atoms with E-state index in [-0.39, 0.29) is 23.6 Å². The number of thiophene rings is 1. The number of carbonyl (C=O) groups is 3. The number of amides is 3. The fraction of sp³-hybridized carbons (Fsp3) is 0.263. The normalized spacial score (nSPS) is 12.0. The Morgan fingerprint density at radius 3 is 2.54 bits per heavy atom. The highest BCUT2D eigenvalue weighted by atomic mass is 32.1. The predicted molar refractivity (Wildman–Crippen MR) is 113 cm³/mol. The van der Waals surface area contributed by atoms with Crippen molar-refractivity contribution in [2.45, 2.75) is 26.8 Å². The van der Waals surface area contributed by atoms with E-state index in [0.717, 1.165) is 10.2 Å². The van der Waals surface area contributed by atoms with Crippen LogP contribution in [0.1, 0.15) is 30.4 Å². The van der Waals surface area contributed by atoms with Crippen LogP contribution in [0.25, 0.3) is 10.2 Å². The Labute approximate surface area is 170 Å². The maximum Gasteiger partial charge on any atom is 0.262 e. The van der Waals surface area contributed by atoms with Crippen molar-refractivity contribution in [1.82, 2.24) is 10.3 Å². The molecule has 3 aromatic rings. The number of anilines is 2. The van der Waals surface area contributed by atoms with Crippen molar-refractivity contribution in [1.29, 1.82) is 0 Å². The van der Waals surface area contributed by atoms with E-state index in [9.17, 15) is 14.4 Å². The molecule has 0 aliphatic rings. The predicted octanol–water partition coefficient (Wildman–Crippen LogP) is 3.71. The Balaban J connectivity index is 1.73. The minimum absolute atomic E-state index is 0.0811. The first-order valence-electron chi connectivity index (χ1n) is 8.67. The van der Waals surface area contributed by atoms with Crippen LogP contribution in [0.5, 0.6) is 0 Å². The van der Waals surface area contributed by atoms with E-state index in [4.69, 9.17) is 0 Å². The van der Waals surface area contributed by atoms with E-state index >= 15 is 0 Å². The molecule has 1 unspecified atom stereocenters. The number of hydrogen-bond acceptors (Lipinski definition) is 6. The smallest absolute Gasteiger partial charge is 0.262 e. The quantitative estimate of drug-likeness (QED) is 0.570. The fourth-order valence-electron chi connectivity index (χ4n) is 2.58. The van der Waals surface area contributed by atoms with Gasteiger partial charge in [0.1, 0.15) is 6.04 Å². The van der Waals surface area contributed by atoms with E-state index in [1.807, 2.05) is 19.2 Å². The second-order valence-corrected chi connectivity index (χ2v) is 8.52. The van der Waals surface area contributed by atoms with Crippen LogP contribution in [0.15, 0.2) is 35.7 Å². The Morgan fingerprint density at radius 1 is 1.11 bits per heavy atom. The summed E-state index contributed by atoms with van der Waals surface area (Å²) in [6.45, 7) is 5.18. The van der Waals surface area contributed by atoms with Gasteiger partial charge in [-0.25, -0.2) is 4.98 Å². The molecule has 0 saturated heterocycles. The van der Waals surface area contributed by atoms with E-state index in [2.05, 4.69) is 20.9 Å². The standard InChI is InChI=1S/C19H20N4O3S2/c1-10(2)16(23-17(25)14-5-4-8-27-14)18(26)21-12-6-7-13-15(9-12)28-19(22-13)20-11(3)24/h4-10,16H,1-3H3,(H,21,26)(H,23,25)(H,20,22,24). The van der Waals surface area contributed by atoms with Gasteiger partial charge in [0, 0.05) is 12.6 Å². The Bertz CT molecular complexity index is 1010. The van der Waals surface area contributed by atoms with Crippen molar-refractivity contribution in [2.24, 2.45) is 5.92 Å². The van der Waals surface area contributed by atoms with Crippen LogP contribution >= 0.6 is 22.7 Å². The highest BCUT2D eigenvalue weighted by molar-refractivity contribution is 7.22. The summed E-state index contributed by atoms with van der Waals surface area (Å²) >= 11 is 2.66. The molecule has 0 bridgehead atoms. The van der Waals surface area contributed by atoms with Gasteiger partial charge in [-0.15, -0.1) is 11.3 Å². The Kier molecular flexibility index (Phi) is 6.05. The van der Waals surface area contributed by atoms with Crippen LogP contribution in [0.2, 0.25) is 0 Å². The van der Waals surface area contributed by atoms with Crippen LogP contribution in [0, 0.1) is 5.92 Å². The maximum atomic E-state index is 12.8. The molecule has 146 valence electrons. The van der Waals surface area contributed by atoms with Gasteiger partial charge in [0.05, 0.1) is 15.1 Å². The molecule has 3 rings (SSSR count). The monoisotopic (exact) mass is 416 g/mol. The summed E-state index contributed by atoms with van der Waals surface area (Å²) in [4.78, 5) is 41.1. The molecule has 28 heavy (non-hydrogen) atoms. The molecule has 1 atom stereocenters. The molecule has 0 spiro atoms. The lowest BCUT2D eigenvalue weighted by Crippen LogP contribution is -2.46. The van der Waals surface area contributed by atoms with Crippen LogP contribution in [0.4, 0.5) is 10.8 Å². The molecule has 2 aromatic heterocycles. The van der Waals surface area contributed by atoms with Gasteiger partial charge in [-0.3, -0.25) is 14.4 Å². The van der Waals surface area contributed by atoms with E-state index < -0.39 is 6.04 Å². The van der Waals surface area contributed by atoms with Gasteiger partial charge >= 0.3 is 0 Å². The lowest BCUT2D eigenvalue weighted by atomic mass is 10.0. The summed E-state index contributed by atoms with van der Waals surface area (Å²) in [5.41, 5.74) is 1.34. The van der Waals surface area contributed by atoms with Gasteiger partial charge in [-0.1, -0.05) is 31.3 Å². The molecular formula is C19H20N4O3S2. The van der Waals surface area contributed by atoms with Crippen molar-refractivity contribution in [3.05, 3.63) is 40.6 Å². The highest BCUT2D eigenvalue weighted by Crippen LogP contribution is 2.28. The molecule has 3 amide bonds. The lowest BCUT2D eigenvalue weighted by molar-refractivity contribution is -0.119. The van der Waals surface area contributed by atoms with Crippen LogP contribution in [-0.4, -0.2) is 28.7 Å². The van der Waals surface area contributed by atoms with Gasteiger partial charge in [-0.05, 0) is 35.6 Å². The summed E-state index contributed by atoms with van der Waals surface area (Å²) < 4.78 is 0.838. The highest BCUT2D eigenvalue weighted by Gasteiger charge is 2.25. The molecule has 3 N–H and O–H groups in total. The van der Waals surface area contributed by atoms with Crippen molar-refractivity contribution < 1.29 is 14.4 Å². The van der Waals surface area contributed by atoms with Gasteiger partial charge < -0.3 is 16.0 Å². The summed E-state index contributed by atoms with van der Waals surface area (Å²) in [6, 6.07) is 8.18. The number of rotatable bonds is 6. The first kappa shape index (κ1) is 20.0. The molecule has 0 aliphatic carbocycles. The van der Waals surface area contributed by atoms with Gasteiger partial charge in [-0.2, -0.15) is 0 Å². The second-order valence-electron chi connectivity index (χ2n) is 6.54. The maximum absolute atomic E-state index is 12.8. The molecule has 0 aliphatic heterocycles. The summed E-state index contributed by atoms with van der Waals surface area (Å²) in [6.07, 6.45) is 0. The van der Waals surface area contributed by atoms with Crippen molar-refractivity contribution in [3.63, 3.8) is 0 Å². The van der Waals surface area contributed by atoms with Crippen molar-refractivity contribution >= 4 is 61.4 Å². The number of hydrogen-bond donors (Lipinski definition) is 3. The largest absolute Gasteiger partial charge is 0.339 e. The first-order valence-corrected chi connectivity index (χ1v) is 10.4. The average molecular weight is 417 g/mol. The minimum atomic E-state index is -0.665. The molecule has 1 aromatic carbocycles. The van der Waals surface area contributed by atoms with E-state index in [0.29, 0.717) is 15.7 Å². The summed E-state index contributed by atoms with van der Waals surface area (Å²) in [7, 11) is 0. The third-order valence-corrected chi connectivity index (χ3v) is 5.72. The number of carbonyl (C=O) groups excluding carboxylic acids is 3. The Hall–Kier alpha value is -2.78. The summed E-state index contributed by atoms with van der Waals surface area (Å²) in [5.74, 6) is -0.816. The van der Waals surface area contributed by atoms with E-state index in [1.54, 1.807) is 30.3 Å². The number of nitrogens with zero attached hydrogens (tertiary/aromatic N) is 1. The van der Waals surface area contributed by atoms with Crippen molar-refractivity contribution in [3.8, 4) is 0 Å². The van der Waals surface area contributed by atoms with Crippen LogP contribution in [0.3, 0.4) is 0 Å². The lowest BCUT2D eigenvalue weighted by Gasteiger charge is -2.21. The molecule has 9 heteroatoms. The molecule has 0 radical (unpaired) electrons. The zero-order valence-electron chi connectivity index (χ0n) is 15.6. The molecule has 0 saturated carbocycles. The van der Waals surface area contributed by atoms with Crippen molar-refractivity contribution in [2.75, 3.05) is 10.6 Å². The van der Waals surface area contributed by atoms with Gasteiger partial charge in [0.2, 0.25) is 11.8 Å². The van der Waals surface area contributed by atoms with Crippen LogP contribution < -0.4 is 16.0 Å². The number of fused-ring (bicyclic) bond motifs is 1. The number of nitrogens with one attached hydrogen (secondary N) is 3. The zero-order valence-corrected chi connectivity index (χ0v) is 17.2. The SMILES string of the molecule is CC(=O)Nc1nc2ccc(NC(=O)C(NC(=O)c3cccs3)C(C)C)cc2s1. The first-order chi connectivity index (χ1) is 13.3. The number of thiazole rings is 1. The summed E-state index contributed by atoms with van der Waals surface area (Å²) in [5, 5.41) is 10.6. The van der Waals surface area contributed by atoms with Crippen LogP contribution in [-0.2, 0) is 9.59 Å². The topological polar surface area (TPSA) is 100 Å². The zero-order chi connectivity index (χ0) is 20.3. The molecule has 0 fully saturated rings. The minimum Gasteiger partial charge on any atom is -0.339 e. The third kappa shape index (κ3) is 4.73. The fourth-order valence-corrected chi connectivity index (χ4v) is 4.16. The number of aromatic nitrogens is 1. The molecule has 2 heterocycles. The molecular weight excluding hydrogens is 396 g/mol. The van der Waals surface area contributed by atoms with E-state index in [1.165, 1.54) is 29.6 Å². The third-order valence-electron chi connectivity index (χ3n) is 3.92. The van der Waals surface area contributed by atoms with Gasteiger partial charge in [0.15, 0.2) is 5.13 Å². The average Bonchev–Trinajstić information content (AvgIpc) is 3.27. The Morgan fingerprint density at radius 2 is 1.89 bits per heavy atom.